The average molecular weight is 279 g/mol. The molecule has 2 atom stereocenters. The highest BCUT2D eigenvalue weighted by atomic mass is 16.5. The van der Waals surface area contributed by atoms with Gasteiger partial charge in [-0.2, -0.15) is 0 Å². The number of aliphatic hydroxyl groups is 1. The third-order valence-electron chi connectivity index (χ3n) is 3.60. The molecule has 1 heterocycles. The molecule has 20 heavy (non-hydrogen) atoms. The van der Waals surface area contributed by atoms with Gasteiger partial charge in [0.2, 0.25) is 0 Å². The number of aliphatic hydroxyl groups excluding tert-OH is 1. The third-order valence-corrected chi connectivity index (χ3v) is 3.60. The van der Waals surface area contributed by atoms with Crippen LogP contribution in [0, 0.1) is 12.8 Å². The quantitative estimate of drug-likeness (QED) is 0.712. The van der Waals surface area contributed by atoms with Crippen LogP contribution in [-0.2, 0) is 4.74 Å². The lowest BCUT2D eigenvalue weighted by atomic mass is 10.1. The van der Waals surface area contributed by atoms with Crippen LogP contribution in [0.25, 0.3) is 0 Å². The van der Waals surface area contributed by atoms with Crippen LogP contribution >= 0.6 is 0 Å². The SMILES string of the molecule is Cc1ccc(OCC(O)CNCCC2CCOC2)cc1. The van der Waals surface area contributed by atoms with Gasteiger partial charge in [0.05, 0.1) is 0 Å². The molecule has 1 aliphatic rings. The van der Waals surface area contributed by atoms with Crippen LogP contribution in [0.1, 0.15) is 18.4 Å². The second-order valence-corrected chi connectivity index (χ2v) is 5.50. The standard InChI is InChI=1S/C16H25NO3/c1-13-2-4-16(5-3-13)20-12-15(18)10-17-8-6-14-7-9-19-11-14/h2-5,14-15,17-18H,6-12H2,1H3. The number of nitrogens with one attached hydrogen (secondary N) is 1. The van der Waals surface area contributed by atoms with Crippen LogP contribution in [0.5, 0.6) is 5.75 Å². The topological polar surface area (TPSA) is 50.7 Å². The molecule has 0 bridgehead atoms. The molecule has 1 aromatic rings. The first kappa shape index (κ1) is 15.3. The highest BCUT2D eigenvalue weighted by Gasteiger charge is 2.14. The Labute approximate surface area is 121 Å². The molecule has 2 rings (SSSR count). The van der Waals surface area contributed by atoms with Crippen molar-refractivity contribution in [1.29, 1.82) is 0 Å². The Hall–Kier alpha value is -1.10. The number of benzene rings is 1. The van der Waals surface area contributed by atoms with Gasteiger partial charge >= 0.3 is 0 Å². The molecule has 0 saturated carbocycles. The van der Waals surface area contributed by atoms with E-state index in [1.54, 1.807) is 0 Å². The van der Waals surface area contributed by atoms with Gasteiger partial charge in [0.1, 0.15) is 18.5 Å². The molecule has 2 unspecified atom stereocenters. The van der Waals surface area contributed by atoms with Gasteiger partial charge in [0, 0.05) is 19.8 Å². The van der Waals surface area contributed by atoms with Crippen molar-refractivity contribution in [3.63, 3.8) is 0 Å². The highest BCUT2D eigenvalue weighted by Crippen LogP contribution is 2.15. The summed E-state index contributed by atoms with van der Waals surface area (Å²) in [7, 11) is 0. The van der Waals surface area contributed by atoms with Crippen molar-refractivity contribution in [2.45, 2.75) is 25.9 Å². The number of hydrogen-bond donors (Lipinski definition) is 2. The second-order valence-electron chi connectivity index (χ2n) is 5.50. The Bertz CT molecular complexity index is 374. The summed E-state index contributed by atoms with van der Waals surface area (Å²) in [5, 5.41) is 13.1. The lowest BCUT2D eigenvalue weighted by Gasteiger charge is -2.14. The van der Waals surface area contributed by atoms with Crippen molar-refractivity contribution in [1.82, 2.24) is 5.32 Å². The lowest BCUT2D eigenvalue weighted by Crippen LogP contribution is -2.32. The largest absolute Gasteiger partial charge is 0.491 e. The van der Waals surface area contributed by atoms with Crippen LogP contribution in [0.3, 0.4) is 0 Å². The molecular weight excluding hydrogens is 254 g/mol. The molecule has 0 spiro atoms. The Kier molecular flexibility index (Phi) is 6.30. The number of ether oxygens (including phenoxy) is 2. The van der Waals surface area contributed by atoms with Crippen LogP contribution < -0.4 is 10.1 Å². The molecule has 0 amide bonds. The second kappa shape index (κ2) is 8.25. The molecule has 112 valence electrons. The van der Waals surface area contributed by atoms with E-state index in [0.29, 0.717) is 19.1 Å². The molecule has 0 aliphatic carbocycles. The first-order valence-electron chi connectivity index (χ1n) is 7.40. The molecule has 4 heteroatoms. The lowest BCUT2D eigenvalue weighted by molar-refractivity contribution is 0.106. The smallest absolute Gasteiger partial charge is 0.119 e. The summed E-state index contributed by atoms with van der Waals surface area (Å²) in [5.74, 6) is 1.49. The fraction of sp³-hybridized carbons (Fsp3) is 0.625. The van der Waals surface area contributed by atoms with Crippen molar-refractivity contribution >= 4 is 0 Å². The summed E-state index contributed by atoms with van der Waals surface area (Å²) in [6.07, 6.45) is 1.81. The van der Waals surface area contributed by atoms with E-state index < -0.39 is 6.10 Å². The monoisotopic (exact) mass is 279 g/mol. The molecule has 0 aromatic heterocycles. The predicted molar refractivity (Wildman–Crippen MR) is 79.1 cm³/mol. The average Bonchev–Trinajstić information content (AvgIpc) is 2.96. The maximum Gasteiger partial charge on any atom is 0.119 e. The maximum absolute atomic E-state index is 9.84. The minimum absolute atomic E-state index is 0.322. The fourth-order valence-corrected chi connectivity index (χ4v) is 2.27. The Morgan fingerprint density at radius 1 is 1.40 bits per heavy atom. The summed E-state index contributed by atoms with van der Waals surface area (Å²) in [6, 6.07) is 7.86. The van der Waals surface area contributed by atoms with E-state index in [2.05, 4.69) is 5.32 Å². The Morgan fingerprint density at radius 3 is 2.90 bits per heavy atom. The zero-order chi connectivity index (χ0) is 14.2. The number of aryl methyl sites for hydroxylation is 1. The van der Waals surface area contributed by atoms with E-state index in [4.69, 9.17) is 9.47 Å². The molecule has 1 aromatic carbocycles. The van der Waals surface area contributed by atoms with Gasteiger partial charge in [-0.05, 0) is 44.4 Å². The number of hydrogen-bond acceptors (Lipinski definition) is 4. The van der Waals surface area contributed by atoms with E-state index in [9.17, 15) is 5.11 Å². The van der Waals surface area contributed by atoms with Gasteiger partial charge in [0.15, 0.2) is 0 Å². The first-order chi connectivity index (χ1) is 9.74. The summed E-state index contributed by atoms with van der Waals surface area (Å²) in [5.41, 5.74) is 1.20. The minimum atomic E-state index is -0.476. The fourth-order valence-electron chi connectivity index (χ4n) is 2.27. The number of rotatable bonds is 8. The van der Waals surface area contributed by atoms with Crippen LogP contribution in [0.15, 0.2) is 24.3 Å². The van der Waals surface area contributed by atoms with Crippen molar-refractivity contribution < 1.29 is 14.6 Å². The summed E-state index contributed by atoms with van der Waals surface area (Å²) in [6.45, 7) is 5.65. The molecule has 1 fully saturated rings. The molecule has 2 N–H and O–H groups in total. The first-order valence-corrected chi connectivity index (χ1v) is 7.40. The van der Waals surface area contributed by atoms with Crippen LogP contribution in [-0.4, -0.2) is 44.1 Å². The minimum Gasteiger partial charge on any atom is -0.491 e. The molecule has 1 saturated heterocycles. The van der Waals surface area contributed by atoms with Gasteiger partial charge in [-0.25, -0.2) is 0 Å². The van der Waals surface area contributed by atoms with Crippen molar-refractivity contribution in [2.24, 2.45) is 5.92 Å². The maximum atomic E-state index is 9.84. The summed E-state index contributed by atoms with van der Waals surface area (Å²) < 4.78 is 10.9. The van der Waals surface area contributed by atoms with Gasteiger partial charge in [-0.3, -0.25) is 0 Å². The van der Waals surface area contributed by atoms with Gasteiger partial charge in [-0.1, -0.05) is 17.7 Å². The third kappa shape index (κ3) is 5.49. The van der Waals surface area contributed by atoms with Crippen molar-refractivity contribution in [3.8, 4) is 5.75 Å². The predicted octanol–water partition coefficient (Wildman–Crippen LogP) is 1.75. The van der Waals surface area contributed by atoms with Crippen LogP contribution in [0.4, 0.5) is 0 Å². The summed E-state index contributed by atoms with van der Waals surface area (Å²) >= 11 is 0. The summed E-state index contributed by atoms with van der Waals surface area (Å²) in [4.78, 5) is 0. The van der Waals surface area contributed by atoms with Crippen molar-refractivity contribution in [3.05, 3.63) is 29.8 Å². The Morgan fingerprint density at radius 2 is 2.20 bits per heavy atom. The van der Waals surface area contributed by atoms with E-state index >= 15 is 0 Å². The molecule has 4 nitrogen and oxygen atoms in total. The Balaban J connectivity index is 1.53. The van der Waals surface area contributed by atoms with Gasteiger partial charge in [0.25, 0.3) is 0 Å². The highest BCUT2D eigenvalue weighted by molar-refractivity contribution is 5.26. The molecule has 0 radical (unpaired) electrons. The van der Waals surface area contributed by atoms with Crippen LogP contribution in [0.2, 0.25) is 0 Å². The van der Waals surface area contributed by atoms with E-state index in [-0.39, 0.29) is 0 Å². The zero-order valence-electron chi connectivity index (χ0n) is 12.2. The molecule has 1 aliphatic heterocycles. The van der Waals surface area contributed by atoms with Gasteiger partial charge in [-0.15, -0.1) is 0 Å². The van der Waals surface area contributed by atoms with E-state index in [1.807, 2.05) is 31.2 Å². The normalized spacial score (nSPS) is 20.0. The van der Waals surface area contributed by atoms with Gasteiger partial charge < -0.3 is 19.9 Å². The van der Waals surface area contributed by atoms with E-state index in [1.165, 1.54) is 12.0 Å². The zero-order valence-corrected chi connectivity index (χ0v) is 12.2. The van der Waals surface area contributed by atoms with E-state index in [0.717, 1.165) is 31.9 Å². The van der Waals surface area contributed by atoms with Crippen molar-refractivity contribution in [2.75, 3.05) is 32.9 Å². The molecular formula is C16H25NO3.